The Balaban J connectivity index is 1.99. The van der Waals surface area contributed by atoms with Gasteiger partial charge in [-0.15, -0.1) is 0 Å². The van der Waals surface area contributed by atoms with Crippen LogP contribution < -0.4 is 11.1 Å². The van der Waals surface area contributed by atoms with Gasteiger partial charge in [0.15, 0.2) is 0 Å². The van der Waals surface area contributed by atoms with E-state index in [2.05, 4.69) is 36.0 Å². The number of hydrogen-bond donors (Lipinski definition) is 2. The van der Waals surface area contributed by atoms with Gasteiger partial charge >= 0.3 is 0 Å². The van der Waals surface area contributed by atoms with E-state index in [1.54, 1.807) is 0 Å². The van der Waals surface area contributed by atoms with E-state index in [1.165, 1.54) is 32.4 Å². The van der Waals surface area contributed by atoms with Gasteiger partial charge in [0.1, 0.15) is 0 Å². The molecule has 0 aromatic carbocycles. The van der Waals surface area contributed by atoms with E-state index in [-0.39, 0.29) is 23.4 Å². The molecule has 0 bridgehead atoms. The number of rotatable bonds is 6. The lowest BCUT2D eigenvalue weighted by Crippen LogP contribution is -2.62. The Hall–Kier alpha value is -0.650. The van der Waals surface area contributed by atoms with Gasteiger partial charge in [0.2, 0.25) is 5.91 Å². The maximum atomic E-state index is 12.4. The third kappa shape index (κ3) is 4.68. The molecule has 2 rings (SSSR count). The fraction of sp³-hybridized carbons (Fsp3) is 0.944. The first-order valence-electron chi connectivity index (χ1n) is 9.45. The molecule has 2 atom stereocenters. The average molecular weight is 325 g/mol. The van der Waals surface area contributed by atoms with Gasteiger partial charge in [0.25, 0.3) is 0 Å². The lowest BCUT2D eigenvalue weighted by atomic mass is 9.84. The summed E-state index contributed by atoms with van der Waals surface area (Å²) >= 11 is 0. The fourth-order valence-corrected chi connectivity index (χ4v) is 3.89. The van der Waals surface area contributed by atoms with Gasteiger partial charge in [-0.05, 0) is 64.8 Å². The third-order valence-electron chi connectivity index (χ3n) is 6.10. The van der Waals surface area contributed by atoms with Crippen LogP contribution in [0.5, 0.6) is 0 Å². The van der Waals surface area contributed by atoms with Gasteiger partial charge in [-0.25, -0.2) is 0 Å². The zero-order valence-electron chi connectivity index (χ0n) is 15.3. The van der Waals surface area contributed by atoms with Crippen molar-refractivity contribution in [3.8, 4) is 0 Å². The summed E-state index contributed by atoms with van der Waals surface area (Å²) in [5.74, 6) is 0.257. The van der Waals surface area contributed by atoms with E-state index in [9.17, 15) is 4.79 Å². The molecular weight excluding hydrogens is 288 g/mol. The summed E-state index contributed by atoms with van der Waals surface area (Å²) in [6.07, 6.45) is 7.15. The van der Waals surface area contributed by atoms with Crippen molar-refractivity contribution in [1.29, 1.82) is 0 Å². The van der Waals surface area contributed by atoms with Crippen LogP contribution in [0.15, 0.2) is 0 Å². The molecular formula is C18H36N4O. The summed E-state index contributed by atoms with van der Waals surface area (Å²) in [4.78, 5) is 17.5. The minimum Gasteiger partial charge on any atom is -0.353 e. The van der Waals surface area contributed by atoms with E-state index in [0.717, 1.165) is 38.9 Å². The third-order valence-corrected chi connectivity index (χ3v) is 6.10. The summed E-state index contributed by atoms with van der Waals surface area (Å²) in [6.45, 7) is 9.48. The summed E-state index contributed by atoms with van der Waals surface area (Å²) in [5.41, 5.74) is 6.23. The van der Waals surface area contributed by atoms with Crippen molar-refractivity contribution in [2.75, 3.05) is 39.8 Å². The molecule has 5 nitrogen and oxygen atoms in total. The van der Waals surface area contributed by atoms with Crippen molar-refractivity contribution >= 4 is 5.91 Å². The molecule has 1 amide bonds. The standard InChI is InChI=1S/C18H36N4O/c1-4-15(2)16(19)17(23)20-14-18(8-12-21(3)13-9-18)22-10-6-5-7-11-22/h15-16H,4-14,19H2,1-3H3,(H,20,23). The topological polar surface area (TPSA) is 61.6 Å². The second-order valence-corrected chi connectivity index (χ2v) is 7.70. The number of carbonyl (C=O) groups is 1. The van der Waals surface area contributed by atoms with Gasteiger partial charge in [-0.1, -0.05) is 26.7 Å². The van der Waals surface area contributed by atoms with Crippen LogP contribution in [0.25, 0.3) is 0 Å². The van der Waals surface area contributed by atoms with E-state index < -0.39 is 0 Å². The Morgan fingerprint density at radius 1 is 1.17 bits per heavy atom. The van der Waals surface area contributed by atoms with Crippen molar-refractivity contribution < 1.29 is 4.79 Å². The molecule has 0 aromatic heterocycles. The SMILES string of the molecule is CCC(C)C(N)C(=O)NCC1(N2CCCCC2)CCN(C)CC1. The molecule has 2 saturated heterocycles. The normalized spacial score (nSPS) is 25.7. The number of likely N-dealkylation sites (tertiary alicyclic amines) is 2. The first-order valence-corrected chi connectivity index (χ1v) is 9.45. The molecule has 0 aromatic rings. The summed E-state index contributed by atoms with van der Waals surface area (Å²) in [7, 11) is 2.19. The number of piperidine rings is 2. The molecule has 2 aliphatic heterocycles. The van der Waals surface area contributed by atoms with E-state index in [1.807, 2.05) is 0 Å². The lowest BCUT2D eigenvalue weighted by molar-refractivity contribution is -0.124. The molecule has 2 aliphatic rings. The van der Waals surface area contributed by atoms with Gasteiger partial charge in [0.05, 0.1) is 6.04 Å². The second-order valence-electron chi connectivity index (χ2n) is 7.70. The summed E-state index contributed by atoms with van der Waals surface area (Å²) in [5, 5.41) is 3.20. The predicted molar refractivity (Wildman–Crippen MR) is 95.3 cm³/mol. The number of carbonyl (C=O) groups excluding carboxylic acids is 1. The van der Waals surface area contributed by atoms with Crippen LogP contribution in [-0.4, -0.2) is 67.1 Å². The van der Waals surface area contributed by atoms with Crippen molar-refractivity contribution in [3.63, 3.8) is 0 Å². The first kappa shape index (κ1) is 18.7. The zero-order chi connectivity index (χ0) is 16.9. The Bertz CT molecular complexity index is 373. The van der Waals surface area contributed by atoms with Crippen LogP contribution in [0.4, 0.5) is 0 Å². The second kappa shape index (κ2) is 8.45. The summed E-state index contributed by atoms with van der Waals surface area (Å²) in [6, 6.07) is -0.385. The number of nitrogens with one attached hydrogen (secondary N) is 1. The smallest absolute Gasteiger partial charge is 0.237 e. The highest BCUT2D eigenvalue weighted by Crippen LogP contribution is 2.30. The quantitative estimate of drug-likeness (QED) is 0.776. The van der Waals surface area contributed by atoms with E-state index in [0.29, 0.717) is 0 Å². The molecule has 2 unspecified atom stereocenters. The molecule has 0 aliphatic carbocycles. The maximum absolute atomic E-state index is 12.4. The van der Waals surface area contributed by atoms with Gasteiger partial charge < -0.3 is 16.0 Å². The van der Waals surface area contributed by atoms with Crippen molar-refractivity contribution in [2.45, 2.75) is 64.0 Å². The van der Waals surface area contributed by atoms with Gasteiger partial charge in [-0.2, -0.15) is 0 Å². The highest BCUT2D eigenvalue weighted by atomic mass is 16.2. The number of amides is 1. The van der Waals surface area contributed by atoms with Crippen molar-refractivity contribution in [3.05, 3.63) is 0 Å². The predicted octanol–water partition coefficient (Wildman–Crippen LogP) is 1.43. The Labute approximate surface area is 142 Å². The fourth-order valence-electron chi connectivity index (χ4n) is 3.89. The largest absolute Gasteiger partial charge is 0.353 e. The molecule has 134 valence electrons. The molecule has 0 radical (unpaired) electrons. The highest BCUT2D eigenvalue weighted by Gasteiger charge is 2.40. The summed E-state index contributed by atoms with van der Waals surface area (Å²) < 4.78 is 0. The highest BCUT2D eigenvalue weighted by molar-refractivity contribution is 5.81. The van der Waals surface area contributed by atoms with Crippen LogP contribution in [0.3, 0.4) is 0 Å². The molecule has 0 saturated carbocycles. The number of hydrogen-bond acceptors (Lipinski definition) is 4. The van der Waals surface area contributed by atoms with Crippen LogP contribution >= 0.6 is 0 Å². The minimum atomic E-state index is -0.385. The molecule has 2 fully saturated rings. The Kier molecular flexibility index (Phi) is 6.86. The Morgan fingerprint density at radius 3 is 2.35 bits per heavy atom. The van der Waals surface area contributed by atoms with Crippen LogP contribution in [-0.2, 0) is 4.79 Å². The van der Waals surface area contributed by atoms with Crippen LogP contribution in [0, 0.1) is 5.92 Å². The van der Waals surface area contributed by atoms with Gasteiger partial charge in [-0.3, -0.25) is 9.69 Å². The zero-order valence-corrected chi connectivity index (χ0v) is 15.3. The Morgan fingerprint density at radius 2 is 1.78 bits per heavy atom. The van der Waals surface area contributed by atoms with Crippen molar-refractivity contribution in [2.24, 2.45) is 11.7 Å². The molecule has 23 heavy (non-hydrogen) atoms. The molecule has 5 heteroatoms. The van der Waals surface area contributed by atoms with Crippen LogP contribution in [0.1, 0.15) is 52.4 Å². The molecule has 2 heterocycles. The average Bonchev–Trinajstić information content (AvgIpc) is 2.60. The monoisotopic (exact) mass is 324 g/mol. The minimum absolute atomic E-state index is 0.0228. The van der Waals surface area contributed by atoms with Gasteiger partial charge in [0, 0.05) is 12.1 Å². The number of nitrogens with two attached hydrogens (primary N) is 1. The molecule has 0 spiro atoms. The van der Waals surface area contributed by atoms with Crippen molar-refractivity contribution in [1.82, 2.24) is 15.1 Å². The number of nitrogens with zero attached hydrogens (tertiary/aromatic N) is 2. The van der Waals surface area contributed by atoms with Crippen LogP contribution in [0.2, 0.25) is 0 Å². The van der Waals surface area contributed by atoms with E-state index in [4.69, 9.17) is 5.73 Å². The molecule has 3 N–H and O–H groups in total. The first-order chi connectivity index (χ1) is 11.0. The maximum Gasteiger partial charge on any atom is 0.237 e. The lowest BCUT2D eigenvalue weighted by Gasteiger charge is -2.50. The van der Waals surface area contributed by atoms with E-state index >= 15 is 0 Å².